The fourth-order valence-corrected chi connectivity index (χ4v) is 2.19. The maximum absolute atomic E-state index is 11.2. The van der Waals surface area contributed by atoms with Gasteiger partial charge in [-0.2, -0.15) is 0 Å². The minimum Gasteiger partial charge on any atom is -0.447 e. The van der Waals surface area contributed by atoms with Crippen molar-refractivity contribution in [3.63, 3.8) is 0 Å². The molecule has 1 aliphatic heterocycles. The molecule has 3 rings (SSSR count). The summed E-state index contributed by atoms with van der Waals surface area (Å²) in [6.45, 7) is -2.45. The van der Waals surface area contributed by atoms with Crippen LogP contribution in [0.4, 0.5) is 4.79 Å². The van der Waals surface area contributed by atoms with Gasteiger partial charge in [0, 0.05) is 29.1 Å². The molecule has 0 unspecified atom stereocenters. The van der Waals surface area contributed by atoms with Gasteiger partial charge in [0.2, 0.25) is 0 Å². The van der Waals surface area contributed by atoms with E-state index in [1.165, 1.54) is 14.1 Å². The average Bonchev–Trinajstić information content (AvgIpc) is 3.05. The molecule has 1 fully saturated rings. The summed E-state index contributed by atoms with van der Waals surface area (Å²) in [5, 5.41) is 2.81. The summed E-state index contributed by atoms with van der Waals surface area (Å²) in [5.41, 5.74) is 1.07. The van der Waals surface area contributed by atoms with Crippen molar-refractivity contribution in [3.8, 4) is 0 Å². The van der Waals surface area contributed by atoms with Gasteiger partial charge in [-0.3, -0.25) is 0 Å². The Morgan fingerprint density at radius 2 is 2.43 bits per heavy atom. The number of aryl methyl sites for hydroxylation is 1. The van der Waals surface area contributed by atoms with Gasteiger partial charge in [0.15, 0.2) is 0 Å². The molecule has 0 aliphatic carbocycles. The van der Waals surface area contributed by atoms with Crippen LogP contribution in [0, 0.1) is 0 Å². The molecule has 0 radical (unpaired) electrons. The fourth-order valence-electron chi connectivity index (χ4n) is 2.19. The Morgan fingerprint density at radius 3 is 3.14 bits per heavy atom. The Hall–Kier alpha value is -2.01. The number of amides is 1. The molecule has 5 nitrogen and oxygen atoms in total. The van der Waals surface area contributed by atoms with Crippen molar-refractivity contribution in [2.24, 2.45) is 0 Å². The molecule has 112 valence electrons. The first-order valence-corrected chi connectivity index (χ1v) is 6.61. The lowest BCUT2D eigenvalue weighted by atomic mass is 10.0. The number of carbonyl (C=O) groups excluding carboxylic acids is 1. The average molecular weight is 293 g/mol. The highest BCUT2D eigenvalue weighted by atomic mass is 16.6. The van der Waals surface area contributed by atoms with E-state index in [9.17, 15) is 4.79 Å². The number of hydrogen-bond acceptors (Lipinski definition) is 3. The highest BCUT2D eigenvalue weighted by Crippen LogP contribution is 2.21. The zero-order valence-corrected chi connectivity index (χ0v) is 11.9. The Kier molecular flexibility index (Phi) is 2.32. The van der Waals surface area contributed by atoms with Gasteiger partial charge in [0.25, 0.3) is 0 Å². The van der Waals surface area contributed by atoms with Crippen LogP contribution in [0.15, 0.2) is 24.4 Å². The third-order valence-corrected chi connectivity index (χ3v) is 3.15. The summed E-state index contributed by atoms with van der Waals surface area (Å²) in [4.78, 5) is 15.2. The first-order valence-electron chi connectivity index (χ1n) is 9.61. The molecule has 1 aliphatic rings. The monoisotopic (exact) mass is 293 g/mol. The second-order valence-corrected chi connectivity index (χ2v) is 5.12. The van der Waals surface area contributed by atoms with Crippen molar-refractivity contribution >= 4 is 17.0 Å². The zero-order valence-electron chi connectivity index (χ0n) is 17.9. The topological polar surface area (TPSA) is 57.4 Å². The number of carbonyl (C=O) groups is 1. The summed E-state index contributed by atoms with van der Waals surface area (Å²) in [7, 11) is 2.88. The van der Waals surface area contributed by atoms with Crippen molar-refractivity contribution in [3.05, 3.63) is 35.5 Å². The molecule has 21 heavy (non-hydrogen) atoms. The van der Waals surface area contributed by atoms with Crippen LogP contribution in [0.2, 0.25) is 0 Å². The van der Waals surface area contributed by atoms with E-state index in [0.29, 0.717) is 16.5 Å². The van der Waals surface area contributed by atoms with Gasteiger partial charge in [-0.15, -0.1) is 0 Å². The Balaban J connectivity index is 2.07. The Labute approximate surface area is 132 Å². The first-order chi connectivity index (χ1) is 12.4. The second kappa shape index (κ2) is 5.77. The number of fused-ring (bicyclic) bond motifs is 1. The van der Waals surface area contributed by atoms with E-state index in [4.69, 9.17) is 13.0 Å². The molecule has 1 aromatic heterocycles. The minimum absolute atomic E-state index is 0.0798. The summed E-state index contributed by atoms with van der Waals surface area (Å²) in [6, 6.07) is 3.69. The number of ether oxygens (including phenoxy) is 1. The molecule has 0 saturated carbocycles. The van der Waals surface area contributed by atoms with Crippen LogP contribution in [0.3, 0.4) is 0 Å². The van der Waals surface area contributed by atoms with Gasteiger partial charge >= 0.3 is 6.09 Å². The number of aromatic nitrogens is 1. The second-order valence-electron chi connectivity index (χ2n) is 5.12. The van der Waals surface area contributed by atoms with Crippen LogP contribution in [0.1, 0.15) is 19.4 Å². The number of nitrogens with zero attached hydrogens (tertiary/aromatic N) is 1. The summed E-state index contributed by atoms with van der Waals surface area (Å²) in [6.07, 6.45) is -3.18. The maximum atomic E-state index is 11.2. The zero-order chi connectivity index (χ0) is 20.2. The molecule has 1 atom stereocenters. The lowest BCUT2D eigenvalue weighted by Crippen LogP contribution is -2.28. The molecule has 1 saturated heterocycles. The molecule has 5 heteroatoms. The normalized spacial score (nSPS) is 27.3. The van der Waals surface area contributed by atoms with Crippen LogP contribution in [-0.4, -0.2) is 49.2 Å². The lowest BCUT2D eigenvalue weighted by molar-refractivity contribution is 0.177. The van der Waals surface area contributed by atoms with Gasteiger partial charge in [0.05, 0.1) is 8.76 Å². The Bertz CT molecular complexity index is 898. The first kappa shape index (κ1) is 8.44. The molecule has 0 spiro atoms. The van der Waals surface area contributed by atoms with Crippen LogP contribution >= 0.6 is 0 Å². The molecule has 2 heterocycles. The number of cyclic esters (lactones) is 1. The fraction of sp³-hybridized carbons (Fsp3) is 0.438. The van der Waals surface area contributed by atoms with Crippen molar-refractivity contribution in [2.75, 3.05) is 27.2 Å². The Morgan fingerprint density at radius 1 is 1.57 bits per heavy atom. The quantitative estimate of drug-likeness (QED) is 0.885. The number of H-pyrrole nitrogens is 1. The van der Waals surface area contributed by atoms with E-state index >= 15 is 0 Å². The van der Waals surface area contributed by atoms with Crippen molar-refractivity contribution < 1.29 is 17.8 Å². The number of rotatable bonds is 5. The highest BCUT2D eigenvalue weighted by Gasteiger charge is 2.22. The predicted octanol–water partition coefficient (Wildman–Crippen LogP) is 1.92. The number of nitrogens with one attached hydrogen (secondary N) is 2. The van der Waals surface area contributed by atoms with Crippen LogP contribution in [0.5, 0.6) is 0 Å². The van der Waals surface area contributed by atoms with Gasteiger partial charge in [0.1, 0.15) is 6.61 Å². The molecule has 2 N–H and O–H groups in total. The van der Waals surface area contributed by atoms with Gasteiger partial charge in [-0.1, -0.05) is 6.07 Å². The maximum Gasteiger partial charge on any atom is 0.407 e. The van der Waals surface area contributed by atoms with E-state index in [1.54, 1.807) is 18.2 Å². The van der Waals surface area contributed by atoms with Gasteiger partial charge in [-0.25, -0.2) is 4.79 Å². The lowest BCUT2D eigenvalue weighted by Gasteiger charge is -2.09. The molecular formula is C16H21N3O2. The number of aromatic amines is 1. The number of hydrogen-bond donors (Lipinski definition) is 2. The van der Waals surface area contributed by atoms with E-state index in [2.05, 4.69) is 10.3 Å². The van der Waals surface area contributed by atoms with Crippen LogP contribution in [0.25, 0.3) is 10.9 Å². The van der Waals surface area contributed by atoms with Gasteiger partial charge < -0.3 is 19.9 Å². The summed E-state index contributed by atoms with van der Waals surface area (Å²) >= 11 is 0. The van der Waals surface area contributed by atoms with Gasteiger partial charge in [-0.05, 0) is 50.1 Å². The van der Waals surface area contributed by atoms with Crippen LogP contribution < -0.4 is 5.32 Å². The minimum atomic E-state index is -2.46. The van der Waals surface area contributed by atoms with Crippen molar-refractivity contribution in [1.82, 2.24) is 15.2 Å². The highest BCUT2D eigenvalue weighted by molar-refractivity contribution is 5.84. The smallest absolute Gasteiger partial charge is 0.407 e. The molecular weight excluding hydrogens is 266 g/mol. The SMILES string of the molecule is [2H]c1[nH]c2ccc(C[C@@]3([2H])COC(=O)N3)cc2c1C([2H])([2H])C([2H])([2H])N(C)C. The number of alkyl carbamates (subject to hydrolysis) is 1. The largest absolute Gasteiger partial charge is 0.447 e. The van der Waals surface area contributed by atoms with E-state index < -0.39 is 25.0 Å². The van der Waals surface area contributed by atoms with E-state index in [0.717, 1.165) is 4.90 Å². The molecule has 2 aromatic rings. The number of likely N-dealkylation sites (N-methyl/N-ethyl adjacent to an activating group) is 1. The predicted molar refractivity (Wildman–Crippen MR) is 82.5 cm³/mol. The van der Waals surface area contributed by atoms with Crippen molar-refractivity contribution in [2.45, 2.75) is 18.8 Å². The molecule has 1 amide bonds. The third kappa shape index (κ3) is 3.19. The van der Waals surface area contributed by atoms with E-state index in [-0.39, 0.29) is 24.8 Å². The molecule has 0 bridgehead atoms. The van der Waals surface area contributed by atoms with Crippen molar-refractivity contribution in [1.29, 1.82) is 0 Å². The number of benzene rings is 1. The standard InChI is InChI=1S/C16H21N3O2/c1-19(2)6-5-12-9-17-15-4-3-11(8-14(12)15)7-13-10-21-16(20)18-13/h3-4,8-9,13,17H,5-7,10H2,1-2H3,(H,18,20)/t13-/m0/s1/i5D2,6D2,9D,13D. The van der Waals surface area contributed by atoms with Crippen LogP contribution in [-0.2, 0) is 17.5 Å². The summed E-state index contributed by atoms with van der Waals surface area (Å²) in [5.74, 6) is 0. The third-order valence-electron chi connectivity index (χ3n) is 3.15. The summed E-state index contributed by atoms with van der Waals surface area (Å²) < 4.78 is 54.3. The van der Waals surface area contributed by atoms with E-state index in [1.807, 2.05) is 0 Å². The molecule has 1 aromatic carbocycles.